The van der Waals surface area contributed by atoms with Crippen molar-refractivity contribution < 1.29 is 9.53 Å². The molecule has 108 valence electrons. The van der Waals surface area contributed by atoms with Gasteiger partial charge in [-0.25, -0.2) is 0 Å². The van der Waals surface area contributed by atoms with Crippen molar-refractivity contribution in [2.75, 3.05) is 18.6 Å². The van der Waals surface area contributed by atoms with E-state index < -0.39 is 0 Å². The summed E-state index contributed by atoms with van der Waals surface area (Å²) < 4.78 is 5.47. The number of amides is 1. The molecule has 2 aromatic rings. The van der Waals surface area contributed by atoms with Gasteiger partial charge in [0.2, 0.25) is 5.91 Å². The smallest absolute Gasteiger partial charge is 0.231 e. The highest BCUT2D eigenvalue weighted by molar-refractivity contribution is 6.35. The van der Waals surface area contributed by atoms with E-state index in [9.17, 15) is 4.79 Å². The molecule has 0 fully saturated rings. The molecular weight excluding hydrogens is 288 g/mol. The van der Waals surface area contributed by atoms with Crippen molar-refractivity contribution in [3.05, 3.63) is 41.2 Å². The van der Waals surface area contributed by atoms with Crippen LogP contribution in [0.1, 0.15) is 12.5 Å². The van der Waals surface area contributed by atoms with Crippen LogP contribution in [-0.4, -0.2) is 24.5 Å². The van der Waals surface area contributed by atoms with E-state index in [2.05, 4.69) is 4.98 Å². The van der Waals surface area contributed by atoms with Gasteiger partial charge in [-0.2, -0.15) is 0 Å². The average Bonchev–Trinajstić information content (AvgIpc) is 2.77. The van der Waals surface area contributed by atoms with Gasteiger partial charge < -0.3 is 9.64 Å². The van der Waals surface area contributed by atoms with Crippen LogP contribution in [0.2, 0.25) is 5.02 Å². The van der Waals surface area contributed by atoms with Crippen LogP contribution < -0.4 is 9.64 Å². The summed E-state index contributed by atoms with van der Waals surface area (Å²) >= 11 is 6.50. The Balaban J connectivity index is 2.07. The molecule has 0 saturated heterocycles. The minimum absolute atomic E-state index is 0.0604. The molecule has 0 aliphatic carbocycles. The van der Waals surface area contributed by atoms with E-state index in [0.717, 1.165) is 22.4 Å². The highest BCUT2D eigenvalue weighted by Gasteiger charge is 2.27. The van der Waals surface area contributed by atoms with Crippen LogP contribution in [0.25, 0.3) is 11.1 Å². The fraction of sp³-hybridized carbons (Fsp3) is 0.250. The Labute approximate surface area is 128 Å². The molecule has 0 unspecified atom stereocenters. The fourth-order valence-electron chi connectivity index (χ4n) is 2.53. The van der Waals surface area contributed by atoms with Crippen LogP contribution >= 0.6 is 11.6 Å². The maximum atomic E-state index is 11.8. The maximum absolute atomic E-state index is 11.8. The highest BCUT2D eigenvalue weighted by Crippen LogP contribution is 2.40. The van der Waals surface area contributed by atoms with Crippen LogP contribution in [0.15, 0.2) is 30.6 Å². The minimum Gasteiger partial charge on any atom is -0.492 e. The molecule has 1 aliphatic rings. The molecule has 5 heteroatoms. The van der Waals surface area contributed by atoms with Gasteiger partial charge in [0.25, 0.3) is 0 Å². The number of likely N-dealkylation sites (N-methyl/N-ethyl adjacent to an activating group) is 1. The minimum atomic E-state index is 0.0604. The monoisotopic (exact) mass is 302 g/mol. The molecule has 3 rings (SSSR count). The third-order valence-electron chi connectivity index (χ3n) is 3.62. The van der Waals surface area contributed by atoms with Gasteiger partial charge in [-0.1, -0.05) is 17.7 Å². The quantitative estimate of drug-likeness (QED) is 0.873. The van der Waals surface area contributed by atoms with Gasteiger partial charge in [0.1, 0.15) is 5.75 Å². The SMILES string of the molecule is CCOc1cncc(-c2ccc3c(c2Cl)CC(=O)N3C)c1. The number of hydrogen-bond acceptors (Lipinski definition) is 3. The van der Waals surface area contributed by atoms with E-state index in [4.69, 9.17) is 16.3 Å². The normalized spacial score (nSPS) is 13.5. The predicted octanol–water partition coefficient (Wildman–Crippen LogP) is 3.32. The van der Waals surface area contributed by atoms with Crippen molar-refractivity contribution in [2.24, 2.45) is 0 Å². The molecular formula is C16H15ClN2O2. The molecule has 0 N–H and O–H groups in total. The summed E-state index contributed by atoms with van der Waals surface area (Å²) in [6.07, 6.45) is 3.76. The van der Waals surface area contributed by atoms with Gasteiger partial charge in [0.15, 0.2) is 0 Å². The average molecular weight is 303 g/mol. The number of fused-ring (bicyclic) bond motifs is 1. The summed E-state index contributed by atoms with van der Waals surface area (Å²) in [5.74, 6) is 0.769. The van der Waals surface area contributed by atoms with Gasteiger partial charge in [0, 0.05) is 35.6 Å². The van der Waals surface area contributed by atoms with E-state index in [0.29, 0.717) is 23.8 Å². The number of pyridine rings is 1. The van der Waals surface area contributed by atoms with Crippen LogP contribution in [-0.2, 0) is 11.2 Å². The Morgan fingerprint density at radius 2 is 2.19 bits per heavy atom. The number of halogens is 1. The van der Waals surface area contributed by atoms with Gasteiger partial charge in [-0.3, -0.25) is 9.78 Å². The van der Waals surface area contributed by atoms with E-state index in [1.54, 1.807) is 24.3 Å². The summed E-state index contributed by atoms with van der Waals surface area (Å²) in [6.45, 7) is 2.51. The summed E-state index contributed by atoms with van der Waals surface area (Å²) in [5, 5.41) is 0.612. The Morgan fingerprint density at radius 3 is 2.95 bits per heavy atom. The molecule has 4 nitrogen and oxygen atoms in total. The Bertz CT molecular complexity index is 715. The highest BCUT2D eigenvalue weighted by atomic mass is 35.5. The predicted molar refractivity (Wildman–Crippen MR) is 83.0 cm³/mol. The number of carbonyl (C=O) groups excluding carboxylic acids is 1. The number of anilines is 1. The number of rotatable bonds is 3. The molecule has 0 bridgehead atoms. The molecule has 0 spiro atoms. The first-order valence-electron chi connectivity index (χ1n) is 6.78. The van der Waals surface area contributed by atoms with Crippen molar-refractivity contribution in [2.45, 2.75) is 13.3 Å². The van der Waals surface area contributed by atoms with Gasteiger partial charge in [-0.05, 0) is 19.1 Å². The molecule has 0 radical (unpaired) electrons. The molecule has 1 amide bonds. The third kappa shape index (κ3) is 2.36. The van der Waals surface area contributed by atoms with Crippen molar-refractivity contribution in [1.82, 2.24) is 4.98 Å². The van der Waals surface area contributed by atoms with Gasteiger partial charge in [-0.15, -0.1) is 0 Å². The van der Waals surface area contributed by atoms with Crippen LogP contribution in [0.3, 0.4) is 0 Å². The van der Waals surface area contributed by atoms with Crippen LogP contribution in [0.4, 0.5) is 5.69 Å². The molecule has 1 aliphatic heterocycles. The standard InChI is InChI=1S/C16H15ClN2O2/c1-3-21-11-6-10(8-18-9-11)12-4-5-14-13(16(12)17)7-15(20)19(14)2/h4-6,8-9H,3,7H2,1-2H3. The van der Waals surface area contributed by atoms with Crippen LogP contribution in [0, 0.1) is 0 Å². The first-order valence-corrected chi connectivity index (χ1v) is 7.15. The van der Waals surface area contributed by atoms with E-state index >= 15 is 0 Å². The van der Waals surface area contributed by atoms with Crippen molar-refractivity contribution in [1.29, 1.82) is 0 Å². The molecule has 1 aromatic heterocycles. The van der Waals surface area contributed by atoms with Gasteiger partial charge in [0.05, 0.1) is 24.2 Å². The second kappa shape index (κ2) is 5.37. The number of hydrogen-bond donors (Lipinski definition) is 0. The number of ether oxygens (including phenoxy) is 1. The molecule has 21 heavy (non-hydrogen) atoms. The van der Waals surface area contributed by atoms with E-state index in [1.165, 1.54) is 0 Å². The molecule has 1 aromatic carbocycles. The second-order valence-electron chi connectivity index (χ2n) is 4.90. The van der Waals surface area contributed by atoms with Crippen molar-refractivity contribution >= 4 is 23.2 Å². The zero-order valence-corrected chi connectivity index (χ0v) is 12.6. The summed E-state index contributed by atoms with van der Waals surface area (Å²) in [5.41, 5.74) is 3.51. The fourth-order valence-corrected chi connectivity index (χ4v) is 2.87. The second-order valence-corrected chi connectivity index (χ2v) is 5.27. The molecule has 0 saturated carbocycles. The first-order chi connectivity index (χ1) is 10.1. The largest absolute Gasteiger partial charge is 0.492 e. The van der Waals surface area contributed by atoms with Crippen molar-refractivity contribution in [3.63, 3.8) is 0 Å². The lowest BCUT2D eigenvalue weighted by Crippen LogP contribution is -2.20. The number of aromatic nitrogens is 1. The summed E-state index contributed by atoms with van der Waals surface area (Å²) in [4.78, 5) is 17.6. The lowest BCUT2D eigenvalue weighted by molar-refractivity contribution is -0.117. The molecule has 0 atom stereocenters. The summed E-state index contributed by atoms with van der Waals surface area (Å²) in [6, 6.07) is 5.75. The summed E-state index contributed by atoms with van der Waals surface area (Å²) in [7, 11) is 1.77. The maximum Gasteiger partial charge on any atom is 0.231 e. The number of nitrogens with zero attached hydrogens (tertiary/aromatic N) is 2. The lowest BCUT2D eigenvalue weighted by Gasteiger charge is -2.13. The number of benzene rings is 1. The van der Waals surface area contributed by atoms with E-state index in [1.807, 2.05) is 25.1 Å². The topological polar surface area (TPSA) is 42.4 Å². The molecule has 2 heterocycles. The Hall–Kier alpha value is -2.07. The number of carbonyl (C=O) groups is 1. The Morgan fingerprint density at radius 1 is 1.38 bits per heavy atom. The van der Waals surface area contributed by atoms with E-state index in [-0.39, 0.29) is 5.91 Å². The lowest BCUT2D eigenvalue weighted by atomic mass is 10.0. The third-order valence-corrected chi connectivity index (χ3v) is 4.05. The Kier molecular flexibility index (Phi) is 3.55. The zero-order valence-electron chi connectivity index (χ0n) is 11.9. The first kappa shape index (κ1) is 13.9. The zero-order chi connectivity index (χ0) is 15.0. The van der Waals surface area contributed by atoms with Crippen molar-refractivity contribution in [3.8, 4) is 16.9 Å². The van der Waals surface area contributed by atoms with Crippen LogP contribution in [0.5, 0.6) is 5.75 Å². The van der Waals surface area contributed by atoms with Gasteiger partial charge >= 0.3 is 0 Å².